The lowest BCUT2D eigenvalue weighted by Crippen LogP contribution is -2.37. The number of benzene rings is 2. The predicted octanol–water partition coefficient (Wildman–Crippen LogP) is 6.02. The second-order valence-electron chi connectivity index (χ2n) is 7.09. The van der Waals surface area contributed by atoms with Gasteiger partial charge in [0.1, 0.15) is 23.5 Å². The smallest absolute Gasteiger partial charge is 0.137 e. The van der Waals surface area contributed by atoms with E-state index in [9.17, 15) is 8.78 Å². The van der Waals surface area contributed by atoms with E-state index in [0.717, 1.165) is 54.3 Å². The first kappa shape index (κ1) is 19.0. The maximum absolute atomic E-state index is 14.5. The predicted molar refractivity (Wildman–Crippen MR) is 107 cm³/mol. The summed E-state index contributed by atoms with van der Waals surface area (Å²) < 4.78 is 35.4. The number of fused-ring (bicyclic) bond motifs is 3. The number of piperidine rings is 1. The van der Waals surface area contributed by atoms with Crippen molar-refractivity contribution in [3.63, 3.8) is 0 Å². The summed E-state index contributed by atoms with van der Waals surface area (Å²) in [6.45, 7) is 3.91. The number of hydrogen-bond acceptors (Lipinski definition) is 3. The SMILES string of the molecule is CCCCSc1cc(-c2c(F)cc(Cl)cc2F)cc2c1O[C@H]1CCNC[C@@H]21. The average Bonchev–Trinajstić information content (AvgIpc) is 3.00. The molecule has 144 valence electrons. The van der Waals surface area contributed by atoms with Gasteiger partial charge in [-0.15, -0.1) is 11.8 Å². The van der Waals surface area contributed by atoms with Gasteiger partial charge in [0.25, 0.3) is 0 Å². The van der Waals surface area contributed by atoms with E-state index in [1.807, 2.05) is 12.1 Å². The van der Waals surface area contributed by atoms with Gasteiger partial charge >= 0.3 is 0 Å². The first-order chi connectivity index (χ1) is 13.1. The van der Waals surface area contributed by atoms with E-state index in [1.54, 1.807) is 11.8 Å². The third kappa shape index (κ3) is 3.69. The highest BCUT2D eigenvalue weighted by Crippen LogP contribution is 2.48. The maximum atomic E-state index is 14.5. The van der Waals surface area contributed by atoms with Crippen LogP contribution in [0.3, 0.4) is 0 Å². The molecule has 0 aliphatic carbocycles. The van der Waals surface area contributed by atoms with Crippen molar-refractivity contribution in [1.82, 2.24) is 5.32 Å². The van der Waals surface area contributed by atoms with Gasteiger partial charge in [0.15, 0.2) is 0 Å². The van der Waals surface area contributed by atoms with Gasteiger partial charge in [-0.1, -0.05) is 24.9 Å². The van der Waals surface area contributed by atoms with Gasteiger partial charge in [-0.3, -0.25) is 0 Å². The van der Waals surface area contributed by atoms with Gasteiger partial charge in [-0.05, 0) is 55.0 Å². The quantitative estimate of drug-likeness (QED) is 0.482. The highest BCUT2D eigenvalue weighted by molar-refractivity contribution is 7.99. The van der Waals surface area contributed by atoms with Crippen LogP contribution in [0.25, 0.3) is 11.1 Å². The molecule has 4 rings (SSSR count). The number of rotatable bonds is 5. The van der Waals surface area contributed by atoms with Gasteiger partial charge in [0, 0.05) is 23.0 Å². The van der Waals surface area contributed by atoms with Crippen molar-refractivity contribution < 1.29 is 13.5 Å². The van der Waals surface area contributed by atoms with Gasteiger partial charge in [-0.2, -0.15) is 0 Å². The van der Waals surface area contributed by atoms with Crippen molar-refractivity contribution in [3.05, 3.63) is 46.5 Å². The molecule has 0 spiro atoms. The van der Waals surface area contributed by atoms with E-state index in [4.69, 9.17) is 16.3 Å². The summed E-state index contributed by atoms with van der Waals surface area (Å²) in [5.41, 5.74) is 1.58. The lowest BCUT2D eigenvalue weighted by Gasteiger charge is -2.24. The second kappa shape index (κ2) is 7.98. The molecule has 0 amide bonds. The summed E-state index contributed by atoms with van der Waals surface area (Å²) in [5, 5.41) is 3.47. The van der Waals surface area contributed by atoms with Crippen molar-refractivity contribution in [2.75, 3.05) is 18.8 Å². The lowest BCUT2D eigenvalue weighted by molar-refractivity contribution is 0.169. The van der Waals surface area contributed by atoms with Crippen LogP contribution in [0.15, 0.2) is 29.2 Å². The molecule has 0 unspecified atom stereocenters. The van der Waals surface area contributed by atoms with E-state index in [2.05, 4.69) is 12.2 Å². The molecule has 1 fully saturated rings. The largest absolute Gasteiger partial charge is 0.488 e. The molecule has 0 bridgehead atoms. The van der Waals surface area contributed by atoms with Crippen LogP contribution < -0.4 is 10.1 Å². The second-order valence-corrected chi connectivity index (χ2v) is 8.67. The Morgan fingerprint density at radius 1 is 1.22 bits per heavy atom. The highest BCUT2D eigenvalue weighted by Gasteiger charge is 2.38. The summed E-state index contributed by atoms with van der Waals surface area (Å²) in [6, 6.07) is 6.09. The molecule has 2 aromatic rings. The lowest BCUT2D eigenvalue weighted by atomic mass is 9.89. The molecule has 2 aliphatic heterocycles. The standard InChI is InChI=1S/C21H22ClF2NOS/c1-2-3-6-27-19-8-12(20-16(23)9-13(22)10-17(20)24)7-14-15-11-25-5-4-18(15)26-21(14)19/h7-10,15,18,25H,2-6,11H2,1H3/t15-,18-/m0/s1. The zero-order valence-electron chi connectivity index (χ0n) is 15.2. The molecule has 2 atom stereocenters. The number of nitrogens with one attached hydrogen (secondary N) is 1. The molecular weight excluding hydrogens is 388 g/mol. The topological polar surface area (TPSA) is 21.3 Å². The fraction of sp³-hybridized carbons (Fsp3) is 0.429. The van der Waals surface area contributed by atoms with Crippen molar-refractivity contribution >= 4 is 23.4 Å². The van der Waals surface area contributed by atoms with Crippen LogP contribution in [0.4, 0.5) is 8.78 Å². The summed E-state index contributed by atoms with van der Waals surface area (Å²) in [5.74, 6) is 0.795. The number of hydrogen-bond donors (Lipinski definition) is 1. The molecule has 2 aliphatic rings. The van der Waals surface area contributed by atoms with Crippen molar-refractivity contribution in [3.8, 4) is 16.9 Å². The Bertz CT molecular complexity index is 837. The number of thioether (sulfide) groups is 1. The fourth-order valence-corrected chi connectivity index (χ4v) is 5.21. The Balaban J connectivity index is 1.81. The molecule has 2 nitrogen and oxygen atoms in total. The molecule has 0 aromatic heterocycles. The average molecular weight is 410 g/mol. The van der Waals surface area contributed by atoms with Crippen LogP contribution in [-0.4, -0.2) is 24.9 Å². The maximum Gasteiger partial charge on any atom is 0.137 e. The molecule has 1 saturated heterocycles. The third-order valence-corrected chi connectivity index (χ3v) is 6.55. The molecule has 0 saturated carbocycles. The minimum atomic E-state index is -0.637. The molecule has 1 N–H and O–H groups in total. The van der Waals surface area contributed by atoms with Crippen molar-refractivity contribution in [2.45, 2.75) is 43.1 Å². The third-order valence-electron chi connectivity index (χ3n) is 5.22. The summed E-state index contributed by atoms with van der Waals surface area (Å²) in [6.07, 6.45) is 3.27. The van der Waals surface area contributed by atoms with Crippen LogP contribution in [0.1, 0.15) is 37.7 Å². The Morgan fingerprint density at radius 2 is 2.00 bits per heavy atom. The van der Waals surface area contributed by atoms with E-state index in [0.29, 0.717) is 5.56 Å². The Hall–Kier alpha value is -1.30. The normalized spacial score (nSPS) is 20.9. The molecule has 6 heteroatoms. The van der Waals surface area contributed by atoms with Crippen molar-refractivity contribution in [1.29, 1.82) is 0 Å². The van der Waals surface area contributed by atoms with E-state index < -0.39 is 11.6 Å². The Kier molecular flexibility index (Phi) is 5.62. The zero-order valence-corrected chi connectivity index (χ0v) is 16.7. The van der Waals surface area contributed by atoms with E-state index in [1.165, 1.54) is 12.1 Å². The van der Waals surface area contributed by atoms with Gasteiger partial charge in [-0.25, -0.2) is 8.78 Å². The van der Waals surface area contributed by atoms with Crippen molar-refractivity contribution in [2.24, 2.45) is 0 Å². The van der Waals surface area contributed by atoms with Gasteiger partial charge < -0.3 is 10.1 Å². The fourth-order valence-electron chi connectivity index (χ4n) is 3.86. The van der Waals surface area contributed by atoms with Gasteiger partial charge in [0.2, 0.25) is 0 Å². The Labute approximate surface area is 167 Å². The summed E-state index contributed by atoms with van der Waals surface area (Å²) in [4.78, 5) is 0.971. The monoisotopic (exact) mass is 409 g/mol. The number of ether oxygens (including phenoxy) is 1. The van der Waals surface area contributed by atoms with Crippen LogP contribution in [0.2, 0.25) is 5.02 Å². The first-order valence-electron chi connectivity index (χ1n) is 9.41. The Morgan fingerprint density at radius 3 is 2.74 bits per heavy atom. The first-order valence-corrected chi connectivity index (χ1v) is 10.8. The molecule has 0 radical (unpaired) electrons. The molecule has 27 heavy (non-hydrogen) atoms. The van der Waals surface area contributed by atoms with Crippen LogP contribution in [-0.2, 0) is 0 Å². The van der Waals surface area contributed by atoms with Crippen LogP contribution in [0.5, 0.6) is 5.75 Å². The van der Waals surface area contributed by atoms with E-state index in [-0.39, 0.29) is 22.6 Å². The van der Waals surface area contributed by atoms with E-state index >= 15 is 0 Å². The van der Waals surface area contributed by atoms with Crippen LogP contribution in [0, 0.1) is 11.6 Å². The molecule has 2 heterocycles. The number of unbranched alkanes of at least 4 members (excludes halogenated alkanes) is 1. The van der Waals surface area contributed by atoms with Crippen LogP contribution >= 0.6 is 23.4 Å². The van der Waals surface area contributed by atoms with Gasteiger partial charge in [0.05, 0.1) is 10.5 Å². The summed E-state index contributed by atoms with van der Waals surface area (Å²) in [7, 11) is 0. The highest BCUT2D eigenvalue weighted by atomic mass is 35.5. The molecule has 2 aromatic carbocycles. The summed E-state index contributed by atoms with van der Waals surface area (Å²) >= 11 is 7.50. The zero-order chi connectivity index (χ0) is 19.0. The minimum absolute atomic E-state index is 0.0215. The molecular formula is C21H22ClF2NOS. The minimum Gasteiger partial charge on any atom is -0.488 e. The number of halogens is 3.